The van der Waals surface area contributed by atoms with E-state index in [4.69, 9.17) is 11.5 Å². The van der Waals surface area contributed by atoms with Crippen LogP contribution in [0.3, 0.4) is 0 Å². The molecule has 4 bridgehead atoms. The number of likely N-dealkylation sites (tertiary alicyclic amines) is 1. The van der Waals surface area contributed by atoms with Crippen molar-refractivity contribution in [2.75, 3.05) is 13.1 Å². The van der Waals surface area contributed by atoms with Gasteiger partial charge in [-0.05, 0) is 69.1 Å². The number of rotatable bonds is 6. The Hall–Kier alpha value is -1.51. The molecule has 0 spiro atoms. The number of nitrogens with two attached hydrogens (primary N) is 2. The van der Waals surface area contributed by atoms with Gasteiger partial charge in [-0.15, -0.1) is 0 Å². The topological polar surface area (TPSA) is 182 Å². The molecular formula is C25H38N4O6Pt. The Kier molecular flexibility index (Phi) is 9.26. The van der Waals surface area contributed by atoms with Gasteiger partial charge in [0.25, 0.3) is 0 Å². The molecule has 1 heterocycles. The van der Waals surface area contributed by atoms with E-state index in [2.05, 4.69) is 5.32 Å². The van der Waals surface area contributed by atoms with E-state index < -0.39 is 36.4 Å². The number of carboxylic acids is 2. The second kappa shape index (κ2) is 11.5. The van der Waals surface area contributed by atoms with E-state index in [-0.39, 0.29) is 57.4 Å². The molecule has 5 saturated carbocycles. The predicted octanol–water partition coefficient (Wildman–Crippen LogP) is -1.61. The molecule has 11 heteroatoms. The second-order valence-electron chi connectivity index (χ2n) is 11.8. The van der Waals surface area contributed by atoms with Crippen molar-refractivity contribution in [2.45, 2.75) is 94.7 Å². The van der Waals surface area contributed by atoms with Crippen LogP contribution in [0.1, 0.15) is 77.0 Å². The fourth-order valence-electron chi connectivity index (χ4n) is 7.31. The second-order valence-corrected chi connectivity index (χ2v) is 11.8. The molecule has 0 unspecified atom stereocenters. The average molecular weight is 686 g/mol. The summed E-state index contributed by atoms with van der Waals surface area (Å²) in [5.41, 5.74) is 9.07. The van der Waals surface area contributed by atoms with Crippen molar-refractivity contribution in [3.05, 3.63) is 0 Å². The Morgan fingerprint density at radius 2 is 1.25 bits per heavy atom. The van der Waals surface area contributed by atoms with Gasteiger partial charge in [-0.1, -0.05) is 12.8 Å². The number of carbonyl (C=O) groups is 4. The van der Waals surface area contributed by atoms with Crippen LogP contribution in [-0.4, -0.2) is 59.4 Å². The molecule has 0 radical (unpaired) electrons. The summed E-state index contributed by atoms with van der Waals surface area (Å²) in [5, 5.41) is 25.2. The smallest absolute Gasteiger partial charge is 0.549 e. The maximum Gasteiger partial charge on any atom is 2.00 e. The first kappa shape index (κ1) is 29.1. The first-order valence-electron chi connectivity index (χ1n) is 13.0. The van der Waals surface area contributed by atoms with Gasteiger partial charge in [0, 0.05) is 43.6 Å². The summed E-state index contributed by atoms with van der Waals surface area (Å²) < 4.78 is 0. The number of hydrogen-bond acceptors (Lipinski definition) is 8. The molecule has 6 rings (SSSR count). The fourth-order valence-corrected chi connectivity index (χ4v) is 7.31. The van der Waals surface area contributed by atoms with E-state index >= 15 is 0 Å². The first-order chi connectivity index (χ1) is 16.5. The minimum atomic E-state index is -2.13. The van der Waals surface area contributed by atoms with Crippen LogP contribution in [-0.2, 0) is 40.2 Å². The first-order valence-corrected chi connectivity index (χ1v) is 13.0. The van der Waals surface area contributed by atoms with Crippen LogP contribution in [0.15, 0.2) is 0 Å². The van der Waals surface area contributed by atoms with Gasteiger partial charge in [-0.25, -0.2) is 0 Å². The summed E-state index contributed by atoms with van der Waals surface area (Å²) in [5.74, 6) is -1.94. The molecule has 2 atom stereocenters. The normalized spacial score (nSPS) is 35.4. The van der Waals surface area contributed by atoms with Crippen molar-refractivity contribution < 1.29 is 50.5 Å². The maximum atomic E-state index is 12.4. The maximum absolute atomic E-state index is 12.4. The summed E-state index contributed by atoms with van der Waals surface area (Å²) >= 11 is 0. The molecule has 6 fully saturated rings. The standard InChI is InChI=1S/C19H26N2O6.C6H14N2.Pt/c22-14(20-18-6-11-3-12(7-18)5-13(4-11)8-18)1-2-15(23)21-9-19(10-21,16(24)25)17(26)27;7-5-3-1-2-4-6(5)8;/h11-13H,1-10H2,(H,20,22)(H,24,25)(H,26,27);5-6H,1-4,7-8H2;/q;;+2/p-2/t;5-,6-;/m.1./s1. The summed E-state index contributed by atoms with van der Waals surface area (Å²) in [6, 6.07) is 0.562. The van der Waals surface area contributed by atoms with Crippen LogP contribution in [0.4, 0.5) is 0 Å². The van der Waals surface area contributed by atoms with Gasteiger partial charge in [0.15, 0.2) is 0 Å². The van der Waals surface area contributed by atoms with Crippen molar-refractivity contribution >= 4 is 23.8 Å². The molecule has 6 aliphatic rings. The molecule has 2 amide bonds. The number of nitrogens with zero attached hydrogens (tertiary/aromatic N) is 1. The molecular weight excluding hydrogens is 647 g/mol. The number of carboxylic acid groups (broad SMARTS) is 2. The molecule has 0 aromatic heterocycles. The third kappa shape index (κ3) is 6.13. The van der Waals surface area contributed by atoms with E-state index in [0.29, 0.717) is 17.8 Å². The molecule has 5 N–H and O–H groups in total. The monoisotopic (exact) mass is 685 g/mol. The Morgan fingerprint density at radius 3 is 1.64 bits per heavy atom. The zero-order chi connectivity index (χ0) is 25.4. The van der Waals surface area contributed by atoms with Gasteiger partial charge in [-0.3, -0.25) is 9.59 Å². The quantitative estimate of drug-likeness (QED) is 0.280. The number of nitrogens with one attached hydrogen (secondary N) is 1. The third-order valence-electron chi connectivity index (χ3n) is 8.94. The Balaban J connectivity index is 0.000000344. The zero-order valence-corrected chi connectivity index (χ0v) is 22.9. The molecule has 204 valence electrons. The van der Waals surface area contributed by atoms with Crippen LogP contribution >= 0.6 is 0 Å². The largest absolute Gasteiger partial charge is 2.00 e. The summed E-state index contributed by atoms with van der Waals surface area (Å²) in [7, 11) is 0. The van der Waals surface area contributed by atoms with Crippen LogP contribution in [0.2, 0.25) is 0 Å². The van der Waals surface area contributed by atoms with Crippen molar-refractivity contribution in [3.63, 3.8) is 0 Å². The molecule has 1 saturated heterocycles. The van der Waals surface area contributed by atoms with Gasteiger partial charge in [0.05, 0.1) is 17.4 Å². The molecule has 36 heavy (non-hydrogen) atoms. The zero-order valence-electron chi connectivity index (χ0n) is 20.7. The Bertz CT molecular complexity index is 800. The van der Waals surface area contributed by atoms with E-state index in [1.54, 1.807) is 0 Å². The summed E-state index contributed by atoms with van der Waals surface area (Å²) in [6.07, 6.45) is 11.7. The SMILES string of the molecule is N[C@@H]1CCCC[C@H]1N.O=C(CCC(=O)N1CC(C(=O)[O-])(C(=O)[O-])C1)NC12CC3CC(CC(C3)C1)C2.[Pt+2]. The van der Waals surface area contributed by atoms with Gasteiger partial charge in [0.2, 0.25) is 11.8 Å². The molecule has 10 nitrogen and oxygen atoms in total. The average Bonchev–Trinajstić information content (AvgIpc) is 2.72. The summed E-state index contributed by atoms with van der Waals surface area (Å²) in [4.78, 5) is 47.7. The fraction of sp³-hybridized carbons (Fsp3) is 0.840. The molecule has 0 aromatic rings. The minimum Gasteiger partial charge on any atom is -0.549 e. The van der Waals surface area contributed by atoms with E-state index in [0.717, 1.165) is 37.0 Å². The van der Waals surface area contributed by atoms with E-state index in [1.165, 1.54) is 32.1 Å². The third-order valence-corrected chi connectivity index (χ3v) is 8.94. The van der Waals surface area contributed by atoms with Crippen LogP contribution in [0.5, 0.6) is 0 Å². The van der Waals surface area contributed by atoms with Gasteiger partial charge in [0.1, 0.15) is 0 Å². The number of amides is 2. The predicted molar refractivity (Wildman–Crippen MR) is 122 cm³/mol. The molecule has 0 aromatic carbocycles. The van der Waals surface area contributed by atoms with Crippen molar-refractivity contribution in [1.82, 2.24) is 10.2 Å². The van der Waals surface area contributed by atoms with Gasteiger partial charge < -0.3 is 41.5 Å². The number of aliphatic carboxylic acids is 2. The molecule has 5 aliphatic carbocycles. The van der Waals surface area contributed by atoms with Crippen molar-refractivity contribution in [1.29, 1.82) is 0 Å². The number of carbonyl (C=O) groups excluding carboxylic acids is 4. The Labute approximate surface area is 226 Å². The van der Waals surface area contributed by atoms with Crippen LogP contribution < -0.4 is 27.0 Å². The van der Waals surface area contributed by atoms with Crippen LogP contribution in [0.25, 0.3) is 0 Å². The van der Waals surface area contributed by atoms with Crippen molar-refractivity contribution in [3.8, 4) is 0 Å². The van der Waals surface area contributed by atoms with Crippen molar-refractivity contribution in [2.24, 2.45) is 34.6 Å². The summed E-state index contributed by atoms with van der Waals surface area (Å²) in [6.45, 7) is -0.930. The van der Waals surface area contributed by atoms with Crippen LogP contribution in [0, 0.1) is 23.2 Å². The van der Waals surface area contributed by atoms with E-state index in [9.17, 15) is 29.4 Å². The number of hydrogen-bond donors (Lipinski definition) is 3. The van der Waals surface area contributed by atoms with Gasteiger partial charge in [-0.2, -0.15) is 0 Å². The van der Waals surface area contributed by atoms with E-state index in [1.807, 2.05) is 0 Å². The Morgan fingerprint density at radius 1 is 0.806 bits per heavy atom. The minimum absolute atomic E-state index is 0. The molecule has 1 aliphatic heterocycles. The van der Waals surface area contributed by atoms with Gasteiger partial charge >= 0.3 is 21.1 Å².